The molecule has 1 amide bonds. The maximum atomic E-state index is 12.2. The Hall–Kier alpha value is -2.55. The van der Waals surface area contributed by atoms with Crippen molar-refractivity contribution in [2.45, 2.75) is 58.0 Å². The molecule has 0 spiro atoms. The number of nitrogens with one attached hydrogen (secondary N) is 1. The molecule has 2 atom stereocenters. The zero-order valence-electron chi connectivity index (χ0n) is 15.7. The van der Waals surface area contributed by atoms with E-state index >= 15 is 0 Å². The highest BCUT2D eigenvalue weighted by atomic mass is 16.6. The van der Waals surface area contributed by atoms with E-state index in [0.29, 0.717) is 5.56 Å². The van der Waals surface area contributed by atoms with Crippen LogP contribution in [-0.2, 0) is 4.74 Å². The number of rotatable bonds is 3. The van der Waals surface area contributed by atoms with Crippen molar-refractivity contribution in [1.29, 1.82) is 0 Å². The van der Waals surface area contributed by atoms with Crippen LogP contribution in [-0.4, -0.2) is 40.5 Å². The molecular weight excluding hydrogens is 344 g/mol. The molecule has 0 aromatic heterocycles. The number of ether oxygens (including phenoxy) is 3. The van der Waals surface area contributed by atoms with E-state index in [1.54, 1.807) is 34.6 Å². The Bertz CT molecular complexity index is 725. The molecule has 1 heterocycles. The number of hydrogen-bond donors (Lipinski definition) is 2. The molecule has 0 bridgehead atoms. The number of carbonyl (C=O) groups is 1. The summed E-state index contributed by atoms with van der Waals surface area (Å²) in [5.41, 5.74) is -1.64. The summed E-state index contributed by atoms with van der Waals surface area (Å²) in [7, 11) is 1.29. The number of aliphatic hydroxyl groups excluding tert-OH is 1. The van der Waals surface area contributed by atoms with E-state index in [1.807, 2.05) is 0 Å². The van der Waals surface area contributed by atoms with Gasteiger partial charge in [0.2, 0.25) is 0 Å². The Morgan fingerprint density at radius 1 is 1.38 bits per heavy atom. The van der Waals surface area contributed by atoms with Crippen molar-refractivity contribution >= 4 is 11.8 Å². The summed E-state index contributed by atoms with van der Waals surface area (Å²) in [4.78, 5) is 22.8. The van der Waals surface area contributed by atoms with Gasteiger partial charge in [0.05, 0.1) is 18.1 Å². The summed E-state index contributed by atoms with van der Waals surface area (Å²) in [6.45, 7) is 8.58. The van der Waals surface area contributed by atoms with E-state index < -0.39 is 34.4 Å². The lowest BCUT2D eigenvalue weighted by atomic mass is 9.88. The molecule has 1 aromatic carbocycles. The first kappa shape index (κ1) is 19.8. The van der Waals surface area contributed by atoms with E-state index in [1.165, 1.54) is 19.2 Å². The molecule has 0 fully saturated rings. The number of nitrogens with zero attached hydrogens (tertiary/aromatic N) is 1. The highest BCUT2D eigenvalue weighted by Gasteiger charge is 2.46. The summed E-state index contributed by atoms with van der Waals surface area (Å²) in [6, 6.07) is 2.56. The number of fused-ring (bicyclic) bond motifs is 1. The summed E-state index contributed by atoms with van der Waals surface area (Å²) in [5.74, 6) is 0.135. The van der Waals surface area contributed by atoms with Crippen molar-refractivity contribution in [1.82, 2.24) is 5.32 Å². The Kier molecular flexibility index (Phi) is 5.05. The highest BCUT2D eigenvalue weighted by Crippen LogP contribution is 2.46. The fourth-order valence-corrected chi connectivity index (χ4v) is 2.64. The van der Waals surface area contributed by atoms with Gasteiger partial charge in [-0.2, -0.15) is 0 Å². The first-order valence-corrected chi connectivity index (χ1v) is 8.08. The van der Waals surface area contributed by atoms with Gasteiger partial charge in [0.1, 0.15) is 17.5 Å². The molecule has 1 aliphatic heterocycles. The summed E-state index contributed by atoms with van der Waals surface area (Å²) < 4.78 is 16.2. The Balaban J connectivity index is 2.49. The van der Waals surface area contributed by atoms with Crippen molar-refractivity contribution in [2.24, 2.45) is 0 Å². The van der Waals surface area contributed by atoms with Crippen LogP contribution in [0.2, 0.25) is 0 Å². The predicted molar refractivity (Wildman–Crippen MR) is 92.5 cm³/mol. The van der Waals surface area contributed by atoms with Crippen LogP contribution in [0.1, 0.15) is 46.3 Å². The maximum absolute atomic E-state index is 12.2. The third-order valence-corrected chi connectivity index (χ3v) is 3.90. The average molecular weight is 368 g/mol. The number of benzene rings is 1. The number of alkyl carbamates (subject to hydrolysis) is 1. The second-order valence-electron chi connectivity index (χ2n) is 7.67. The van der Waals surface area contributed by atoms with Crippen LogP contribution >= 0.6 is 0 Å². The fourth-order valence-electron chi connectivity index (χ4n) is 2.64. The molecule has 0 unspecified atom stereocenters. The number of nitro benzene ring substituents is 1. The molecule has 0 saturated heterocycles. The molecule has 9 nitrogen and oxygen atoms in total. The smallest absolute Gasteiger partial charge is 0.408 e. The predicted octanol–water partition coefficient (Wildman–Crippen LogP) is 2.70. The number of methoxy groups -OCH3 is 1. The minimum absolute atomic E-state index is 0.0194. The zero-order chi connectivity index (χ0) is 19.9. The lowest BCUT2D eigenvalue weighted by Crippen LogP contribution is -2.51. The number of amides is 1. The van der Waals surface area contributed by atoms with Crippen LogP contribution in [0.5, 0.6) is 11.5 Å². The molecule has 2 rings (SSSR count). The Morgan fingerprint density at radius 3 is 2.50 bits per heavy atom. The summed E-state index contributed by atoms with van der Waals surface area (Å²) in [6.07, 6.45) is -2.99. The fraction of sp³-hybridized carbons (Fsp3) is 0.588. The topological polar surface area (TPSA) is 120 Å². The van der Waals surface area contributed by atoms with Crippen LogP contribution in [0.25, 0.3) is 0 Å². The minimum Gasteiger partial charge on any atom is -0.490 e. The molecule has 144 valence electrons. The molecule has 0 radical (unpaired) electrons. The lowest BCUT2D eigenvalue weighted by molar-refractivity contribution is -0.385. The molecular formula is C17H24N2O7. The highest BCUT2D eigenvalue weighted by molar-refractivity contribution is 5.69. The zero-order valence-corrected chi connectivity index (χ0v) is 15.7. The van der Waals surface area contributed by atoms with Crippen LogP contribution in [0.15, 0.2) is 12.1 Å². The molecule has 2 N–H and O–H groups in total. The van der Waals surface area contributed by atoms with Crippen LogP contribution in [0.4, 0.5) is 10.5 Å². The van der Waals surface area contributed by atoms with Gasteiger partial charge < -0.3 is 24.6 Å². The number of aliphatic hydroxyl groups is 1. The van der Waals surface area contributed by atoms with Crippen molar-refractivity contribution in [2.75, 3.05) is 7.11 Å². The molecule has 26 heavy (non-hydrogen) atoms. The van der Waals surface area contributed by atoms with Gasteiger partial charge in [0.15, 0.2) is 11.9 Å². The third-order valence-electron chi connectivity index (χ3n) is 3.90. The van der Waals surface area contributed by atoms with Crippen LogP contribution in [0, 0.1) is 10.1 Å². The van der Waals surface area contributed by atoms with E-state index in [9.17, 15) is 20.0 Å². The monoisotopic (exact) mass is 368 g/mol. The summed E-state index contributed by atoms with van der Waals surface area (Å²) >= 11 is 0. The van der Waals surface area contributed by atoms with E-state index in [-0.39, 0.29) is 17.2 Å². The minimum atomic E-state index is -1.19. The summed E-state index contributed by atoms with van der Waals surface area (Å²) in [5, 5.41) is 24.5. The first-order chi connectivity index (χ1) is 11.9. The normalized spacial score (nSPS) is 21.2. The van der Waals surface area contributed by atoms with Gasteiger partial charge in [0, 0.05) is 11.1 Å². The quantitative estimate of drug-likeness (QED) is 0.621. The number of carbonyl (C=O) groups excluding carboxylic acids is 1. The second-order valence-corrected chi connectivity index (χ2v) is 7.67. The van der Waals surface area contributed by atoms with E-state index in [2.05, 4.69) is 5.32 Å². The standard InChI is InChI=1S/C17H24N2O7/c1-16(2,3)18-15(21)25-13-9-7-12(24-6)10(19(22)23)8-11(9)26-17(4,5)14(13)20/h7-8,13-14,20H,1-6H3,(H,18,21)/t13-,14+/m0/s1. The molecule has 1 aliphatic rings. The number of hydrogen-bond acceptors (Lipinski definition) is 7. The first-order valence-electron chi connectivity index (χ1n) is 8.08. The van der Waals surface area contributed by atoms with Gasteiger partial charge in [0.25, 0.3) is 0 Å². The van der Waals surface area contributed by atoms with Crippen molar-refractivity contribution in [3.8, 4) is 11.5 Å². The van der Waals surface area contributed by atoms with Gasteiger partial charge in [-0.3, -0.25) is 10.1 Å². The molecule has 9 heteroatoms. The van der Waals surface area contributed by atoms with Gasteiger partial charge in [-0.15, -0.1) is 0 Å². The molecule has 0 aliphatic carbocycles. The van der Waals surface area contributed by atoms with Gasteiger partial charge in [-0.1, -0.05) is 0 Å². The van der Waals surface area contributed by atoms with Crippen LogP contribution in [0.3, 0.4) is 0 Å². The van der Waals surface area contributed by atoms with Crippen molar-refractivity contribution in [3.63, 3.8) is 0 Å². The molecule has 0 saturated carbocycles. The second kappa shape index (κ2) is 6.64. The lowest BCUT2D eigenvalue weighted by Gasteiger charge is -2.41. The Morgan fingerprint density at radius 2 is 2.00 bits per heavy atom. The van der Waals surface area contributed by atoms with E-state index in [4.69, 9.17) is 14.2 Å². The van der Waals surface area contributed by atoms with E-state index in [0.717, 1.165) is 0 Å². The van der Waals surface area contributed by atoms with Crippen LogP contribution < -0.4 is 14.8 Å². The molecule has 1 aromatic rings. The van der Waals surface area contributed by atoms with Crippen molar-refractivity contribution in [3.05, 3.63) is 27.8 Å². The van der Waals surface area contributed by atoms with Gasteiger partial charge >= 0.3 is 11.8 Å². The van der Waals surface area contributed by atoms with Gasteiger partial charge in [-0.05, 0) is 40.7 Å². The van der Waals surface area contributed by atoms with Crippen molar-refractivity contribution < 1.29 is 29.0 Å². The largest absolute Gasteiger partial charge is 0.490 e. The maximum Gasteiger partial charge on any atom is 0.408 e. The number of nitro groups is 1. The average Bonchev–Trinajstić information content (AvgIpc) is 2.48. The Labute approximate surface area is 151 Å². The SMILES string of the molecule is COc1cc2c(cc1[N+](=O)[O-])OC(C)(C)[C@H](O)[C@H]2OC(=O)NC(C)(C)C. The third kappa shape index (κ3) is 3.98. The van der Waals surface area contributed by atoms with Gasteiger partial charge in [-0.25, -0.2) is 4.79 Å².